The van der Waals surface area contributed by atoms with Gasteiger partial charge in [0.05, 0.1) is 20.3 Å². The van der Waals surface area contributed by atoms with Gasteiger partial charge in [0.25, 0.3) is 7.37 Å². The van der Waals surface area contributed by atoms with Gasteiger partial charge < -0.3 is 24.0 Å². The molecular weight excluding hydrogens is 401 g/mol. The van der Waals surface area contributed by atoms with E-state index in [1.165, 1.54) is 13.5 Å². The summed E-state index contributed by atoms with van der Waals surface area (Å²) in [6, 6.07) is 12.5. The Kier molecular flexibility index (Phi) is 7.45. The molecule has 2 atom stereocenters. The summed E-state index contributed by atoms with van der Waals surface area (Å²) in [6.45, 7) is 0. The lowest BCUT2D eigenvalue weighted by Gasteiger charge is -2.31. The highest BCUT2D eigenvalue weighted by atomic mass is 31.2. The zero-order valence-corrected chi connectivity index (χ0v) is 19.1. The molecule has 1 saturated carbocycles. The van der Waals surface area contributed by atoms with Gasteiger partial charge in [-0.25, -0.2) is 0 Å². The second-order valence-electron chi connectivity index (χ2n) is 7.86. The Hall–Kier alpha value is -2.01. The van der Waals surface area contributed by atoms with E-state index in [4.69, 9.17) is 14.0 Å². The molecule has 3 rings (SSSR count). The monoisotopic (exact) mass is 433 g/mol. The van der Waals surface area contributed by atoms with Crippen molar-refractivity contribution in [1.82, 2.24) is 0 Å². The van der Waals surface area contributed by atoms with E-state index in [0.717, 1.165) is 31.4 Å². The van der Waals surface area contributed by atoms with Gasteiger partial charge in [0.2, 0.25) is 0 Å². The fourth-order valence-corrected chi connectivity index (χ4v) is 6.11. The molecule has 0 unspecified atom stereocenters. The van der Waals surface area contributed by atoms with Crippen LogP contribution in [0.15, 0.2) is 42.5 Å². The summed E-state index contributed by atoms with van der Waals surface area (Å²) >= 11 is 0. The minimum absolute atomic E-state index is 0.118. The van der Waals surface area contributed by atoms with Crippen LogP contribution in [0, 0.1) is 0 Å². The number of hydrogen-bond acceptors (Lipinski definition) is 6. The third-order valence-electron chi connectivity index (χ3n) is 5.61. The number of rotatable bonds is 8. The number of anilines is 1. The van der Waals surface area contributed by atoms with Crippen LogP contribution in [0.2, 0.25) is 0 Å². The van der Waals surface area contributed by atoms with E-state index in [1.54, 1.807) is 37.4 Å². The molecule has 6 nitrogen and oxygen atoms in total. The molecule has 0 radical (unpaired) electrons. The Balaban J connectivity index is 2.00. The van der Waals surface area contributed by atoms with Crippen molar-refractivity contribution in [3.05, 3.63) is 48.0 Å². The SMILES string of the molecule is COc1ccc([C@@H](O)[P@](=O)(OC2CCCCC2)c2ccc(N(C)C)cc2)cc1OC. The summed E-state index contributed by atoms with van der Waals surface area (Å²) in [7, 11) is 3.37. The molecule has 2 aromatic rings. The topological polar surface area (TPSA) is 68.2 Å². The molecule has 1 aliphatic carbocycles. The van der Waals surface area contributed by atoms with Crippen molar-refractivity contribution in [3.8, 4) is 11.5 Å². The van der Waals surface area contributed by atoms with Crippen LogP contribution in [0.3, 0.4) is 0 Å². The average Bonchev–Trinajstić information content (AvgIpc) is 2.78. The van der Waals surface area contributed by atoms with E-state index in [0.29, 0.717) is 22.4 Å². The van der Waals surface area contributed by atoms with Gasteiger partial charge in [-0.15, -0.1) is 0 Å². The molecule has 0 heterocycles. The van der Waals surface area contributed by atoms with Gasteiger partial charge >= 0.3 is 0 Å². The first-order valence-electron chi connectivity index (χ1n) is 10.3. The minimum atomic E-state index is -3.62. The third-order valence-corrected chi connectivity index (χ3v) is 8.18. The second-order valence-corrected chi connectivity index (χ2v) is 10.3. The van der Waals surface area contributed by atoms with Gasteiger partial charge in [-0.05, 0) is 54.8 Å². The van der Waals surface area contributed by atoms with E-state index in [-0.39, 0.29) is 6.10 Å². The molecule has 0 amide bonds. The van der Waals surface area contributed by atoms with E-state index in [9.17, 15) is 9.67 Å². The summed E-state index contributed by atoms with van der Waals surface area (Å²) in [5.41, 5.74) is 1.46. The molecule has 2 aromatic carbocycles. The summed E-state index contributed by atoms with van der Waals surface area (Å²) < 4.78 is 31.1. The minimum Gasteiger partial charge on any atom is -0.493 e. The van der Waals surface area contributed by atoms with E-state index in [1.807, 2.05) is 31.1 Å². The molecular formula is C23H32NO5P. The van der Waals surface area contributed by atoms with Gasteiger partial charge in [0.15, 0.2) is 17.3 Å². The number of aliphatic hydroxyl groups excluding tert-OH is 1. The highest BCUT2D eigenvalue weighted by Gasteiger charge is 2.39. The van der Waals surface area contributed by atoms with Gasteiger partial charge in [-0.1, -0.05) is 25.3 Å². The van der Waals surface area contributed by atoms with Crippen LogP contribution < -0.4 is 19.7 Å². The van der Waals surface area contributed by atoms with Crippen molar-refractivity contribution < 1.29 is 23.7 Å². The molecule has 7 heteroatoms. The van der Waals surface area contributed by atoms with Crippen molar-refractivity contribution in [2.45, 2.75) is 44.1 Å². The van der Waals surface area contributed by atoms with E-state index >= 15 is 0 Å². The smallest absolute Gasteiger partial charge is 0.264 e. The summed E-state index contributed by atoms with van der Waals surface area (Å²) in [6.07, 6.45) is 4.87. The number of hydrogen-bond donors (Lipinski definition) is 1. The van der Waals surface area contributed by atoms with Crippen molar-refractivity contribution >= 4 is 18.4 Å². The van der Waals surface area contributed by atoms with Crippen molar-refractivity contribution in [1.29, 1.82) is 0 Å². The van der Waals surface area contributed by atoms with Crippen LogP contribution in [-0.4, -0.2) is 39.5 Å². The van der Waals surface area contributed by atoms with Crippen LogP contribution in [0.4, 0.5) is 5.69 Å². The first kappa shape index (κ1) is 22.7. The second kappa shape index (κ2) is 9.86. The zero-order valence-electron chi connectivity index (χ0n) is 18.2. The fourth-order valence-electron chi connectivity index (χ4n) is 3.82. The third kappa shape index (κ3) is 4.83. The number of nitrogens with zero attached hydrogens (tertiary/aromatic N) is 1. The number of ether oxygens (including phenoxy) is 2. The normalized spacial score (nSPS) is 17.8. The molecule has 0 saturated heterocycles. The van der Waals surface area contributed by atoms with Crippen LogP contribution >= 0.6 is 7.37 Å². The molecule has 1 N–H and O–H groups in total. The van der Waals surface area contributed by atoms with Crippen molar-refractivity contribution in [3.63, 3.8) is 0 Å². The van der Waals surface area contributed by atoms with Gasteiger partial charge in [-0.3, -0.25) is 4.57 Å². The Morgan fingerprint density at radius 1 is 0.967 bits per heavy atom. The molecule has 1 fully saturated rings. The summed E-state index contributed by atoms with van der Waals surface area (Å²) in [5.74, 6) is -0.280. The molecule has 0 bridgehead atoms. The lowest BCUT2D eigenvalue weighted by molar-refractivity contribution is 0.137. The van der Waals surface area contributed by atoms with Crippen molar-refractivity contribution in [2.24, 2.45) is 0 Å². The molecule has 30 heavy (non-hydrogen) atoms. The quantitative estimate of drug-likeness (QED) is 0.608. The predicted octanol–water partition coefficient (Wildman–Crippen LogP) is 4.71. The van der Waals surface area contributed by atoms with Gasteiger partial charge in [-0.2, -0.15) is 0 Å². The highest BCUT2D eigenvalue weighted by Crippen LogP contribution is 2.60. The maximum atomic E-state index is 14.3. The molecule has 0 aromatic heterocycles. The maximum Gasteiger partial charge on any atom is 0.264 e. The maximum absolute atomic E-state index is 14.3. The van der Waals surface area contributed by atoms with Crippen molar-refractivity contribution in [2.75, 3.05) is 33.2 Å². The van der Waals surface area contributed by atoms with Crippen LogP contribution in [0.25, 0.3) is 0 Å². The van der Waals surface area contributed by atoms with Crippen LogP contribution in [0.5, 0.6) is 11.5 Å². The molecule has 0 aliphatic heterocycles. The van der Waals surface area contributed by atoms with Crippen LogP contribution in [0.1, 0.15) is 43.5 Å². The Labute approximate surface area is 179 Å². The van der Waals surface area contributed by atoms with E-state index < -0.39 is 13.2 Å². The first-order valence-corrected chi connectivity index (χ1v) is 12.0. The average molecular weight is 433 g/mol. The lowest BCUT2D eigenvalue weighted by Crippen LogP contribution is -2.22. The molecule has 0 spiro atoms. The predicted molar refractivity (Wildman–Crippen MR) is 120 cm³/mol. The molecule has 1 aliphatic rings. The van der Waals surface area contributed by atoms with Gasteiger partial charge in [0.1, 0.15) is 0 Å². The summed E-state index contributed by atoms with van der Waals surface area (Å²) in [4.78, 5) is 1.97. The Bertz CT molecular complexity index is 878. The standard InChI is InChI=1S/C23H32NO5P/c1-24(2)18-11-13-20(14-12-18)30(26,29-19-8-6-5-7-9-19)23(25)17-10-15-21(27-3)22(16-17)28-4/h10-16,19,23,25H,5-9H2,1-4H3/t23-,30+/m0/s1. The summed E-state index contributed by atoms with van der Waals surface area (Å²) in [5, 5.41) is 11.8. The molecule has 164 valence electrons. The van der Waals surface area contributed by atoms with E-state index in [2.05, 4.69) is 0 Å². The lowest BCUT2D eigenvalue weighted by atomic mass is 9.98. The number of aliphatic hydroxyl groups is 1. The number of benzene rings is 2. The Morgan fingerprint density at radius 3 is 2.17 bits per heavy atom. The van der Waals surface area contributed by atoms with Crippen LogP contribution in [-0.2, 0) is 9.09 Å². The highest BCUT2D eigenvalue weighted by molar-refractivity contribution is 7.67. The largest absolute Gasteiger partial charge is 0.493 e. The zero-order chi connectivity index (χ0) is 21.7. The Morgan fingerprint density at radius 2 is 1.60 bits per heavy atom. The van der Waals surface area contributed by atoms with Gasteiger partial charge in [0, 0.05) is 25.1 Å². The number of methoxy groups -OCH3 is 2. The fraction of sp³-hybridized carbons (Fsp3) is 0.478. The first-order chi connectivity index (χ1) is 14.4.